The maximum absolute atomic E-state index is 12.6. The van der Waals surface area contributed by atoms with Crippen LogP contribution in [0.2, 0.25) is 0 Å². The highest BCUT2D eigenvalue weighted by atomic mass is 16.2. The maximum Gasteiger partial charge on any atom is 0.231 e. The zero-order chi connectivity index (χ0) is 18.7. The van der Waals surface area contributed by atoms with Crippen molar-refractivity contribution in [1.82, 2.24) is 24.6 Å². The van der Waals surface area contributed by atoms with E-state index in [2.05, 4.69) is 15.4 Å². The number of pyridine rings is 1. The molecule has 1 aliphatic rings. The number of aryl methyl sites for hydroxylation is 1. The number of amides is 2. The average Bonchev–Trinajstić information content (AvgIpc) is 3.17. The summed E-state index contributed by atoms with van der Waals surface area (Å²) in [6.07, 6.45) is 5.50. The van der Waals surface area contributed by atoms with Gasteiger partial charge in [0.2, 0.25) is 11.8 Å². The lowest BCUT2D eigenvalue weighted by Crippen LogP contribution is -2.34. The molecule has 1 N–H and O–H groups in total. The van der Waals surface area contributed by atoms with Gasteiger partial charge < -0.3 is 15.1 Å². The van der Waals surface area contributed by atoms with Crippen molar-refractivity contribution < 1.29 is 9.59 Å². The molecule has 0 saturated carbocycles. The molecule has 0 spiro atoms. The maximum atomic E-state index is 12.6. The largest absolute Gasteiger partial charge is 0.341 e. The third-order valence-electron chi connectivity index (χ3n) is 4.45. The van der Waals surface area contributed by atoms with Gasteiger partial charge in [-0.3, -0.25) is 14.6 Å². The first-order valence-electron chi connectivity index (χ1n) is 8.64. The summed E-state index contributed by atoms with van der Waals surface area (Å²) in [6.45, 7) is 3.78. The van der Waals surface area contributed by atoms with Crippen LogP contribution in [0.4, 0.5) is 5.82 Å². The van der Waals surface area contributed by atoms with E-state index >= 15 is 0 Å². The highest BCUT2D eigenvalue weighted by Gasteiger charge is 2.34. The van der Waals surface area contributed by atoms with Crippen LogP contribution in [0, 0.1) is 12.8 Å². The average molecular weight is 356 g/mol. The van der Waals surface area contributed by atoms with Gasteiger partial charge in [-0.25, -0.2) is 4.68 Å². The number of likely N-dealkylation sites (tertiary alicyclic amines) is 1. The Kier molecular flexibility index (Phi) is 5.32. The normalized spacial score (nSPS) is 17.2. The monoisotopic (exact) mass is 356 g/mol. The number of carbonyl (C=O) groups is 2. The third-order valence-corrected chi connectivity index (χ3v) is 4.45. The Labute approximate surface area is 152 Å². The first-order valence-corrected chi connectivity index (χ1v) is 8.64. The highest BCUT2D eigenvalue weighted by molar-refractivity contribution is 5.97. The number of anilines is 1. The number of nitrogens with zero attached hydrogens (tertiary/aromatic N) is 5. The molecule has 8 nitrogen and oxygen atoms in total. The predicted octanol–water partition coefficient (Wildman–Crippen LogP) is 0.924. The van der Waals surface area contributed by atoms with E-state index in [0.29, 0.717) is 18.9 Å². The molecule has 1 aliphatic heterocycles. The summed E-state index contributed by atoms with van der Waals surface area (Å²) in [7, 11) is 3.93. The molecule has 0 aromatic carbocycles. The van der Waals surface area contributed by atoms with Crippen molar-refractivity contribution in [3.05, 3.63) is 36.3 Å². The molecule has 1 unspecified atom stereocenters. The summed E-state index contributed by atoms with van der Waals surface area (Å²) in [5.74, 6) is 0.0421. The second kappa shape index (κ2) is 7.65. The fraction of sp³-hybridized carbons (Fsp3) is 0.444. The van der Waals surface area contributed by atoms with Crippen molar-refractivity contribution in [3.63, 3.8) is 0 Å². The molecule has 1 atom stereocenters. The number of likely N-dealkylation sites (N-methyl/N-ethyl adjacent to an activating group) is 1. The van der Waals surface area contributed by atoms with E-state index < -0.39 is 0 Å². The lowest BCUT2D eigenvalue weighted by Gasteiger charge is -2.19. The summed E-state index contributed by atoms with van der Waals surface area (Å²) >= 11 is 0. The van der Waals surface area contributed by atoms with Crippen molar-refractivity contribution in [2.45, 2.75) is 13.3 Å². The Hall–Kier alpha value is -2.74. The Morgan fingerprint density at radius 3 is 2.92 bits per heavy atom. The molecule has 138 valence electrons. The van der Waals surface area contributed by atoms with Gasteiger partial charge >= 0.3 is 0 Å². The molecular weight excluding hydrogens is 332 g/mol. The minimum Gasteiger partial charge on any atom is -0.341 e. The van der Waals surface area contributed by atoms with E-state index in [1.54, 1.807) is 22.0 Å². The molecule has 1 saturated heterocycles. The Balaban J connectivity index is 1.64. The van der Waals surface area contributed by atoms with Crippen LogP contribution in [0.15, 0.2) is 30.7 Å². The third kappa shape index (κ3) is 4.08. The molecule has 2 aromatic heterocycles. The number of nitrogens with one attached hydrogen (secondary N) is 1. The van der Waals surface area contributed by atoms with Crippen LogP contribution in [0.3, 0.4) is 0 Å². The van der Waals surface area contributed by atoms with Crippen LogP contribution in [0.5, 0.6) is 0 Å². The molecule has 2 amide bonds. The predicted molar refractivity (Wildman–Crippen MR) is 98.0 cm³/mol. The van der Waals surface area contributed by atoms with E-state index in [1.165, 1.54) is 0 Å². The SMILES string of the molecule is Cc1cn(-c2cccnc2)nc1NC(=O)C1CC(=O)N(CCN(C)C)C1. The van der Waals surface area contributed by atoms with Crippen LogP contribution in [-0.2, 0) is 9.59 Å². The van der Waals surface area contributed by atoms with Gasteiger partial charge in [0.15, 0.2) is 5.82 Å². The lowest BCUT2D eigenvalue weighted by atomic mass is 10.1. The zero-order valence-corrected chi connectivity index (χ0v) is 15.3. The van der Waals surface area contributed by atoms with Gasteiger partial charge in [-0.05, 0) is 33.2 Å². The molecule has 3 rings (SSSR count). The standard InChI is InChI=1S/C18H24N6O2/c1-13-11-24(15-5-4-6-19-10-15)21-17(13)20-18(26)14-9-16(25)23(12-14)8-7-22(2)3/h4-6,10-11,14H,7-9,12H2,1-3H3,(H,20,21,26). The van der Waals surface area contributed by atoms with Gasteiger partial charge in [0.25, 0.3) is 0 Å². The number of rotatable bonds is 6. The summed E-state index contributed by atoms with van der Waals surface area (Å²) in [5.41, 5.74) is 1.68. The summed E-state index contributed by atoms with van der Waals surface area (Å²) in [6, 6.07) is 3.72. The molecule has 0 bridgehead atoms. The van der Waals surface area contributed by atoms with Crippen molar-refractivity contribution in [3.8, 4) is 5.69 Å². The fourth-order valence-corrected chi connectivity index (χ4v) is 2.91. The lowest BCUT2D eigenvalue weighted by molar-refractivity contribution is -0.128. The van der Waals surface area contributed by atoms with E-state index in [9.17, 15) is 9.59 Å². The quantitative estimate of drug-likeness (QED) is 0.832. The van der Waals surface area contributed by atoms with E-state index in [1.807, 2.05) is 44.2 Å². The molecule has 0 radical (unpaired) electrons. The molecule has 1 fully saturated rings. The molecule has 26 heavy (non-hydrogen) atoms. The summed E-state index contributed by atoms with van der Waals surface area (Å²) < 4.78 is 1.68. The van der Waals surface area contributed by atoms with Gasteiger partial charge in [-0.1, -0.05) is 0 Å². The summed E-state index contributed by atoms with van der Waals surface area (Å²) in [4.78, 5) is 32.5. The Morgan fingerprint density at radius 2 is 2.23 bits per heavy atom. The van der Waals surface area contributed by atoms with Gasteiger partial charge in [-0.2, -0.15) is 0 Å². The first-order chi connectivity index (χ1) is 12.4. The van der Waals surface area contributed by atoms with Gasteiger partial charge in [0.05, 0.1) is 17.8 Å². The van der Waals surface area contributed by atoms with Crippen LogP contribution in [0.1, 0.15) is 12.0 Å². The van der Waals surface area contributed by atoms with Gasteiger partial charge in [0.1, 0.15) is 0 Å². The topological polar surface area (TPSA) is 83.4 Å². The van der Waals surface area contributed by atoms with E-state index in [-0.39, 0.29) is 24.2 Å². The van der Waals surface area contributed by atoms with Crippen LogP contribution >= 0.6 is 0 Å². The highest BCUT2D eigenvalue weighted by Crippen LogP contribution is 2.21. The number of hydrogen-bond acceptors (Lipinski definition) is 5. The minimum atomic E-state index is -0.340. The molecule has 8 heteroatoms. The molecular formula is C18H24N6O2. The van der Waals surface area contributed by atoms with Gasteiger partial charge in [0, 0.05) is 44.0 Å². The summed E-state index contributed by atoms with van der Waals surface area (Å²) in [5, 5.41) is 7.30. The number of hydrogen-bond donors (Lipinski definition) is 1. The molecule has 0 aliphatic carbocycles. The van der Waals surface area contributed by atoms with Crippen LogP contribution < -0.4 is 5.32 Å². The van der Waals surface area contributed by atoms with E-state index in [4.69, 9.17) is 0 Å². The minimum absolute atomic E-state index is 0.0320. The Morgan fingerprint density at radius 1 is 1.42 bits per heavy atom. The van der Waals surface area contributed by atoms with Crippen molar-refractivity contribution in [1.29, 1.82) is 0 Å². The fourth-order valence-electron chi connectivity index (χ4n) is 2.91. The van der Waals surface area contributed by atoms with Crippen molar-refractivity contribution in [2.24, 2.45) is 5.92 Å². The first kappa shape index (κ1) is 18.1. The van der Waals surface area contributed by atoms with Crippen molar-refractivity contribution >= 4 is 17.6 Å². The second-order valence-electron chi connectivity index (χ2n) is 6.85. The van der Waals surface area contributed by atoms with Crippen molar-refractivity contribution in [2.75, 3.05) is 39.0 Å². The Bertz CT molecular complexity index is 786. The molecule has 3 heterocycles. The van der Waals surface area contributed by atoms with Crippen LogP contribution in [-0.4, -0.2) is 70.1 Å². The zero-order valence-electron chi connectivity index (χ0n) is 15.3. The van der Waals surface area contributed by atoms with Gasteiger partial charge in [-0.15, -0.1) is 5.10 Å². The number of aromatic nitrogens is 3. The van der Waals surface area contributed by atoms with Crippen LogP contribution in [0.25, 0.3) is 5.69 Å². The van der Waals surface area contributed by atoms with E-state index in [0.717, 1.165) is 17.8 Å². The smallest absolute Gasteiger partial charge is 0.231 e. The number of carbonyl (C=O) groups excluding carboxylic acids is 2. The molecule has 2 aromatic rings. The second-order valence-corrected chi connectivity index (χ2v) is 6.85.